The predicted molar refractivity (Wildman–Crippen MR) is 105 cm³/mol. The van der Waals surface area contributed by atoms with Crippen LogP contribution in [0.2, 0.25) is 5.02 Å². The third-order valence-electron chi connectivity index (χ3n) is 4.62. The highest BCUT2D eigenvalue weighted by molar-refractivity contribution is 6.30. The fraction of sp³-hybridized carbons (Fsp3) is 0.238. The van der Waals surface area contributed by atoms with E-state index in [1.54, 1.807) is 31.2 Å². The van der Waals surface area contributed by atoms with Crippen LogP contribution in [0.4, 0.5) is 0 Å². The van der Waals surface area contributed by atoms with E-state index in [4.69, 9.17) is 25.6 Å². The van der Waals surface area contributed by atoms with Crippen molar-refractivity contribution in [2.75, 3.05) is 13.2 Å². The van der Waals surface area contributed by atoms with Crippen LogP contribution in [-0.2, 0) is 0 Å². The fourth-order valence-corrected chi connectivity index (χ4v) is 3.25. The molecule has 7 heteroatoms. The number of nitrogens with zero attached hydrogens (tertiary/aromatic N) is 1. The number of carbonyl (C=O) groups excluding carboxylic acids is 1. The number of ether oxygens (including phenoxy) is 2. The Labute approximate surface area is 167 Å². The molecule has 1 aliphatic heterocycles. The van der Waals surface area contributed by atoms with Crippen LogP contribution < -0.4 is 14.8 Å². The number of fused-ring (bicyclic) bond motifs is 1. The van der Waals surface area contributed by atoms with E-state index in [1.165, 1.54) is 0 Å². The molecule has 2 aromatic carbocycles. The smallest absolute Gasteiger partial charge is 0.257 e. The van der Waals surface area contributed by atoms with E-state index in [9.17, 15) is 4.79 Å². The second-order valence-electron chi connectivity index (χ2n) is 6.57. The van der Waals surface area contributed by atoms with Crippen LogP contribution in [0.1, 0.15) is 34.6 Å². The highest BCUT2D eigenvalue weighted by Gasteiger charge is 2.24. The Balaban J connectivity index is 1.57. The van der Waals surface area contributed by atoms with Crippen LogP contribution in [0.15, 0.2) is 47.0 Å². The van der Waals surface area contributed by atoms with E-state index in [1.807, 2.05) is 25.1 Å². The first-order chi connectivity index (χ1) is 13.5. The zero-order chi connectivity index (χ0) is 19.7. The number of hydrogen-bond acceptors (Lipinski definition) is 5. The van der Waals surface area contributed by atoms with E-state index >= 15 is 0 Å². The standard InChI is InChI=1S/C21H19ClN2O4/c1-12(15-5-8-17-18(11-15)27-10-9-26-17)23-21(25)19-13(2)28-24-20(19)14-3-6-16(22)7-4-14/h3-8,11-12H,9-10H2,1-2H3,(H,23,25)/t12-/m1/s1. The third-order valence-corrected chi connectivity index (χ3v) is 4.87. The zero-order valence-electron chi connectivity index (χ0n) is 15.5. The largest absolute Gasteiger partial charge is 0.486 e. The van der Waals surface area contributed by atoms with Crippen LogP contribution in [0.25, 0.3) is 11.3 Å². The zero-order valence-corrected chi connectivity index (χ0v) is 16.2. The van der Waals surface area contributed by atoms with E-state index in [2.05, 4.69) is 10.5 Å². The van der Waals surface area contributed by atoms with Gasteiger partial charge in [0.15, 0.2) is 11.5 Å². The molecule has 1 amide bonds. The van der Waals surface area contributed by atoms with Crippen molar-refractivity contribution in [2.45, 2.75) is 19.9 Å². The number of carbonyl (C=O) groups is 1. The molecule has 3 aromatic rings. The molecule has 2 heterocycles. The van der Waals surface area contributed by atoms with Crippen molar-refractivity contribution in [2.24, 2.45) is 0 Å². The SMILES string of the molecule is Cc1onc(-c2ccc(Cl)cc2)c1C(=O)N[C@H](C)c1ccc2c(c1)OCCO2. The van der Waals surface area contributed by atoms with Crippen molar-refractivity contribution in [3.8, 4) is 22.8 Å². The molecule has 4 rings (SSSR count). The Morgan fingerprint density at radius 1 is 1.11 bits per heavy atom. The van der Waals surface area contributed by atoms with Gasteiger partial charge in [0.25, 0.3) is 5.91 Å². The summed E-state index contributed by atoms with van der Waals surface area (Å²) in [7, 11) is 0. The summed E-state index contributed by atoms with van der Waals surface area (Å²) in [6, 6.07) is 12.5. The molecule has 0 saturated carbocycles. The number of aromatic nitrogens is 1. The molecule has 1 N–H and O–H groups in total. The average molecular weight is 399 g/mol. The number of hydrogen-bond donors (Lipinski definition) is 1. The number of rotatable bonds is 4. The molecule has 28 heavy (non-hydrogen) atoms. The van der Waals surface area contributed by atoms with Gasteiger partial charge in [-0.15, -0.1) is 0 Å². The lowest BCUT2D eigenvalue weighted by Crippen LogP contribution is -2.27. The molecule has 1 atom stereocenters. The first-order valence-corrected chi connectivity index (χ1v) is 9.33. The van der Waals surface area contributed by atoms with Crippen molar-refractivity contribution in [3.63, 3.8) is 0 Å². The number of benzene rings is 2. The van der Waals surface area contributed by atoms with Crippen LogP contribution in [0.5, 0.6) is 11.5 Å². The van der Waals surface area contributed by atoms with Gasteiger partial charge in [0.1, 0.15) is 30.2 Å². The summed E-state index contributed by atoms with van der Waals surface area (Å²) in [5.74, 6) is 1.60. The summed E-state index contributed by atoms with van der Waals surface area (Å²) in [5, 5.41) is 7.68. The van der Waals surface area contributed by atoms with Gasteiger partial charge in [-0.05, 0) is 43.7 Å². The number of nitrogens with one attached hydrogen (secondary N) is 1. The van der Waals surface area contributed by atoms with Crippen molar-refractivity contribution in [1.29, 1.82) is 0 Å². The summed E-state index contributed by atoms with van der Waals surface area (Å²) >= 11 is 5.95. The highest BCUT2D eigenvalue weighted by Crippen LogP contribution is 2.33. The Bertz CT molecular complexity index is 1010. The van der Waals surface area contributed by atoms with Gasteiger partial charge in [-0.2, -0.15) is 0 Å². The van der Waals surface area contributed by atoms with Gasteiger partial charge in [0.05, 0.1) is 6.04 Å². The lowest BCUT2D eigenvalue weighted by Gasteiger charge is -2.21. The molecule has 144 valence electrons. The molecule has 0 aliphatic carbocycles. The van der Waals surface area contributed by atoms with Crippen molar-refractivity contribution in [3.05, 3.63) is 64.4 Å². The van der Waals surface area contributed by atoms with Gasteiger partial charge in [-0.25, -0.2) is 0 Å². The maximum Gasteiger partial charge on any atom is 0.257 e. The molecule has 0 radical (unpaired) electrons. The van der Waals surface area contributed by atoms with Crippen LogP contribution in [-0.4, -0.2) is 24.3 Å². The van der Waals surface area contributed by atoms with E-state index < -0.39 is 0 Å². The number of halogens is 1. The first-order valence-electron chi connectivity index (χ1n) is 8.95. The summed E-state index contributed by atoms with van der Waals surface area (Å²) in [6.45, 7) is 4.69. The minimum absolute atomic E-state index is 0.240. The van der Waals surface area contributed by atoms with Gasteiger partial charge in [-0.3, -0.25) is 4.79 Å². The van der Waals surface area contributed by atoms with Crippen LogP contribution >= 0.6 is 11.6 Å². The van der Waals surface area contributed by atoms with E-state index in [-0.39, 0.29) is 11.9 Å². The predicted octanol–water partition coefficient (Wildman–Crippen LogP) is 4.57. The minimum atomic E-state index is -0.258. The van der Waals surface area contributed by atoms with Crippen LogP contribution in [0.3, 0.4) is 0 Å². The average Bonchev–Trinajstić information content (AvgIpc) is 3.09. The maximum absolute atomic E-state index is 13.0. The van der Waals surface area contributed by atoms with E-state index in [0.29, 0.717) is 46.8 Å². The second kappa shape index (κ2) is 7.56. The molecular formula is C21H19ClN2O4. The van der Waals surface area contributed by atoms with Gasteiger partial charge in [-0.1, -0.05) is 35.0 Å². The summed E-state index contributed by atoms with van der Waals surface area (Å²) < 4.78 is 16.5. The molecule has 0 fully saturated rings. The van der Waals surface area contributed by atoms with E-state index in [0.717, 1.165) is 11.1 Å². The van der Waals surface area contributed by atoms with Gasteiger partial charge >= 0.3 is 0 Å². The lowest BCUT2D eigenvalue weighted by molar-refractivity contribution is 0.0938. The van der Waals surface area contributed by atoms with Gasteiger partial charge in [0, 0.05) is 10.6 Å². The second-order valence-corrected chi connectivity index (χ2v) is 7.00. The maximum atomic E-state index is 13.0. The first kappa shape index (κ1) is 18.4. The van der Waals surface area contributed by atoms with Crippen molar-refractivity contribution in [1.82, 2.24) is 10.5 Å². The molecule has 0 saturated heterocycles. The Hall–Kier alpha value is -2.99. The molecule has 1 aromatic heterocycles. The van der Waals surface area contributed by atoms with Crippen molar-refractivity contribution < 1.29 is 18.8 Å². The summed E-state index contributed by atoms with van der Waals surface area (Å²) in [6.07, 6.45) is 0. The normalized spacial score (nSPS) is 13.8. The van der Waals surface area contributed by atoms with Gasteiger partial charge < -0.3 is 19.3 Å². The fourth-order valence-electron chi connectivity index (χ4n) is 3.13. The van der Waals surface area contributed by atoms with Gasteiger partial charge in [0.2, 0.25) is 0 Å². The topological polar surface area (TPSA) is 73.6 Å². The monoisotopic (exact) mass is 398 g/mol. The molecular weight excluding hydrogens is 380 g/mol. The van der Waals surface area contributed by atoms with Crippen molar-refractivity contribution >= 4 is 17.5 Å². The Morgan fingerprint density at radius 2 is 1.82 bits per heavy atom. The molecule has 0 unspecified atom stereocenters. The third kappa shape index (κ3) is 3.55. The molecule has 1 aliphatic rings. The molecule has 0 spiro atoms. The Morgan fingerprint density at radius 3 is 2.57 bits per heavy atom. The summed E-state index contributed by atoms with van der Waals surface area (Å²) in [5.41, 5.74) is 2.57. The number of aryl methyl sites for hydroxylation is 1. The quantitative estimate of drug-likeness (QED) is 0.697. The minimum Gasteiger partial charge on any atom is -0.486 e. The molecule has 0 bridgehead atoms. The summed E-state index contributed by atoms with van der Waals surface area (Å²) in [4.78, 5) is 13.0. The highest BCUT2D eigenvalue weighted by atomic mass is 35.5. The molecule has 6 nitrogen and oxygen atoms in total. The Kier molecular flexibility index (Phi) is 4.96. The number of amides is 1. The van der Waals surface area contributed by atoms with Crippen LogP contribution in [0, 0.1) is 6.92 Å². The lowest BCUT2D eigenvalue weighted by atomic mass is 10.0.